The van der Waals surface area contributed by atoms with Gasteiger partial charge in [0, 0.05) is 6.07 Å². The Kier molecular flexibility index (Phi) is 2.04. The molecule has 0 saturated heterocycles. The highest BCUT2D eigenvalue weighted by molar-refractivity contribution is 5.65. The summed E-state index contributed by atoms with van der Waals surface area (Å²) in [6.45, 7) is 0. The maximum atomic E-state index is 5.26. The zero-order chi connectivity index (χ0) is 9.10. The summed E-state index contributed by atoms with van der Waals surface area (Å²) in [5.74, 6) is 1.51. The third-order valence-electron chi connectivity index (χ3n) is 1.81. The first-order valence-corrected chi connectivity index (χ1v) is 4.00. The van der Waals surface area contributed by atoms with Crippen LogP contribution in [0.15, 0.2) is 41.0 Å². The van der Waals surface area contributed by atoms with E-state index >= 15 is 0 Å². The average molecular weight is 173 g/mol. The minimum atomic E-state index is 0.706. The van der Waals surface area contributed by atoms with Gasteiger partial charge in [-0.05, 0) is 18.2 Å². The quantitative estimate of drug-likeness (QED) is 0.696. The molecule has 1 heterocycles. The van der Waals surface area contributed by atoms with Crippen LogP contribution in [0.3, 0.4) is 0 Å². The molecule has 0 fully saturated rings. The predicted molar refractivity (Wildman–Crippen MR) is 49.5 cm³/mol. The Morgan fingerprint density at radius 2 is 2.23 bits per heavy atom. The second-order valence-corrected chi connectivity index (χ2v) is 2.59. The fourth-order valence-electron chi connectivity index (χ4n) is 1.22. The molecule has 0 bridgehead atoms. The molecule has 0 N–H and O–H groups in total. The van der Waals surface area contributed by atoms with Gasteiger partial charge < -0.3 is 9.15 Å². The van der Waals surface area contributed by atoms with E-state index in [4.69, 9.17) is 9.15 Å². The monoisotopic (exact) mass is 173 g/mol. The van der Waals surface area contributed by atoms with Crippen molar-refractivity contribution in [2.75, 3.05) is 7.11 Å². The average Bonchev–Trinajstić information content (AvgIpc) is 2.70. The van der Waals surface area contributed by atoms with Gasteiger partial charge in [-0.2, -0.15) is 0 Å². The van der Waals surface area contributed by atoms with E-state index in [1.165, 1.54) is 0 Å². The lowest BCUT2D eigenvalue weighted by Crippen LogP contribution is -1.85. The number of furan rings is 1. The van der Waals surface area contributed by atoms with Gasteiger partial charge in [0.25, 0.3) is 0 Å². The van der Waals surface area contributed by atoms with Crippen molar-refractivity contribution in [2.45, 2.75) is 0 Å². The van der Waals surface area contributed by atoms with E-state index in [9.17, 15) is 0 Å². The van der Waals surface area contributed by atoms with Gasteiger partial charge in [-0.15, -0.1) is 0 Å². The number of para-hydroxylation sites is 1. The van der Waals surface area contributed by atoms with Gasteiger partial charge in [-0.3, -0.25) is 0 Å². The molecule has 13 heavy (non-hydrogen) atoms. The van der Waals surface area contributed by atoms with Crippen LogP contribution in [-0.2, 0) is 0 Å². The molecule has 1 aromatic carbocycles. The molecule has 0 aliphatic carbocycles. The van der Waals surface area contributed by atoms with Gasteiger partial charge >= 0.3 is 0 Å². The summed E-state index contributed by atoms with van der Waals surface area (Å²) >= 11 is 0. The minimum Gasteiger partial charge on any atom is -0.495 e. The van der Waals surface area contributed by atoms with Crippen LogP contribution in [0.25, 0.3) is 11.3 Å². The Morgan fingerprint density at radius 1 is 1.31 bits per heavy atom. The lowest BCUT2D eigenvalue weighted by Gasteiger charge is -2.03. The Bertz CT molecular complexity index is 377. The number of hydrogen-bond donors (Lipinski definition) is 0. The molecular formula is C11H9O2. The van der Waals surface area contributed by atoms with Gasteiger partial charge in [0.1, 0.15) is 11.5 Å². The molecule has 2 aromatic rings. The first-order valence-electron chi connectivity index (χ1n) is 4.00. The van der Waals surface area contributed by atoms with Crippen molar-refractivity contribution >= 4 is 0 Å². The molecule has 2 nitrogen and oxygen atoms in total. The molecule has 0 aliphatic rings. The predicted octanol–water partition coefficient (Wildman–Crippen LogP) is 2.76. The van der Waals surface area contributed by atoms with E-state index in [-0.39, 0.29) is 0 Å². The van der Waals surface area contributed by atoms with Crippen molar-refractivity contribution < 1.29 is 9.15 Å². The van der Waals surface area contributed by atoms with Gasteiger partial charge in [0.2, 0.25) is 0 Å². The number of benzene rings is 1. The smallest absolute Gasteiger partial charge is 0.137 e. The SMILES string of the molecule is COc1[c]cccc1-c1ccco1. The zero-order valence-corrected chi connectivity index (χ0v) is 7.28. The third kappa shape index (κ3) is 1.43. The molecule has 0 spiro atoms. The molecule has 0 aliphatic heterocycles. The topological polar surface area (TPSA) is 22.4 Å². The molecule has 0 unspecified atom stereocenters. The second-order valence-electron chi connectivity index (χ2n) is 2.59. The van der Waals surface area contributed by atoms with Crippen molar-refractivity contribution in [3.63, 3.8) is 0 Å². The highest BCUT2D eigenvalue weighted by Crippen LogP contribution is 2.28. The number of methoxy groups -OCH3 is 1. The van der Waals surface area contributed by atoms with Crippen LogP contribution in [0.5, 0.6) is 5.75 Å². The standard InChI is InChI=1S/C11H9O2/c1-12-10-6-3-2-5-9(10)11-7-4-8-13-11/h2-5,7-8H,1H3. The van der Waals surface area contributed by atoms with E-state index in [1.807, 2.05) is 30.3 Å². The van der Waals surface area contributed by atoms with E-state index in [2.05, 4.69) is 6.07 Å². The molecule has 1 radical (unpaired) electrons. The van der Waals surface area contributed by atoms with Crippen molar-refractivity contribution in [1.82, 2.24) is 0 Å². The number of hydrogen-bond acceptors (Lipinski definition) is 2. The van der Waals surface area contributed by atoms with E-state index in [0.29, 0.717) is 5.75 Å². The van der Waals surface area contributed by atoms with Crippen LogP contribution >= 0.6 is 0 Å². The van der Waals surface area contributed by atoms with Crippen LogP contribution in [0, 0.1) is 6.07 Å². The summed E-state index contributed by atoms with van der Waals surface area (Å²) in [4.78, 5) is 0. The van der Waals surface area contributed by atoms with Crippen LogP contribution in [0.2, 0.25) is 0 Å². The summed E-state index contributed by atoms with van der Waals surface area (Å²) in [5, 5.41) is 0. The summed E-state index contributed by atoms with van der Waals surface area (Å²) in [6.07, 6.45) is 1.64. The maximum Gasteiger partial charge on any atom is 0.137 e. The molecule has 2 rings (SSSR count). The van der Waals surface area contributed by atoms with Gasteiger partial charge in [0.15, 0.2) is 0 Å². The minimum absolute atomic E-state index is 0.706. The fraction of sp³-hybridized carbons (Fsp3) is 0.0909. The van der Waals surface area contributed by atoms with Crippen LogP contribution < -0.4 is 4.74 Å². The second kappa shape index (κ2) is 3.35. The Hall–Kier alpha value is -1.70. The van der Waals surface area contributed by atoms with Crippen LogP contribution in [-0.4, -0.2) is 7.11 Å². The van der Waals surface area contributed by atoms with E-state index < -0.39 is 0 Å². The summed E-state index contributed by atoms with van der Waals surface area (Å²) < 4.78 is 10.4. The van der Waals surface area contributed by atoms with Gasteiger partial charge in [-0.25, -0.2) is 0 Å². The lowest BCUT2D eigenvalue weighted by atomic mass is 10.1. The summed E-state index contributed by atoms with van der Waals surface area (Å²) in [6, 6.07) is 12.4. The Labute approximate surface area is 76.8 Å². The molecular weight excluding hydrogens is 164 g/mol. The first kappa shape index (κ1) is 7.92. The van der Waals surface area contributed by atoms with Crippen molar-refractivity contribution in [1.29, 1.82) is 0 Å². The summed E-state index contributed by atoms with van der Waals surface area (Å²) in [5.41, 5.74) is 0.926. The molecule has 0 atom stereocenters. The zero-order valence-electron chi connectivity index (χ0n) is 7.28. The highest BCUT2D eigenvalue weighted by atomic mass is 16.5. The van der Waals surface area contributed by atoms with E-state index in [0.717, 1.165) is 11.3 Å². The molecule has 1 aromatic heterocycles. The lowest BCUT2D eigenvalue weighted by molar-refractivity contribution is 0.414. The normalized spacial score (nSPS) is 9.92. The number of rotatable bonds is 2. The Morgan fingerprint density at radius 3 is 2.92 bits per heavy atom. The van der Waals surface area contributed by atoms with E-state index in [1.54, 1.807) is 13.4 Å². The third-order valence-corrected chi connectivity index (χ3v) is 1.81. The maximum absolute atomic E-state index is 5.26. The molecule has 65 valence electrons. The van der Waals surface area contributed by atoms with Crippen molar-refractivity contribution in [3.05, 3.63) is 42.7 Å². The molecule has 0 amide bonds. The van der Waals surface area contributed by atoms with Crippen molar-refractivity contribution in [3.8, 4) is 17.1 Å². The molecule has 2 heteroatoms. The number of ether oxygens (including phenoxy) is 1. The van der Waals surface area contributed by atoms with Crippen LogP contribution in [0.1, 0.15) is 0 Å². The highest BCUT2D eigenvalue weighted by Gasteiger charge is 2.06. The Balaban J connectivity index is 2.51. The van der Waals surface area contributed by atoms with Crippen LogP contribution in [0.4, 0.5) is 0 Å². The fourth-order valence-corrected chi connectivity index (χ4v) is 1.22. The van der Waals surface area contributed by atoms with Gasteiger partial charge in [-0.1, -0.05) is 12.1 Å². The summed E-state index contributed by atoms with van der Waals surface area (Å²) in [7, 11) is 1.62. The molecule has 0 saturated carbocycles. The first-order chi connectivity index (χ1) is 6.42. The van der Waals surface area contributed by atoms with Crippen molar-refractivity contribution in [2.24, 2.45) is 0 Å². The van der Waals surface area contributed by atoms with Gasteiger partial charge in [0.05, 0.1) is 18.9 Å². The largest absolute Gasteiger partial charge is 0.495 e.